The van der Waals surface area contributed by atoms with Gasteiger partial charge >= 0.3 is 0 Å². The van der Waals surface area contributed by atoms with Gasteiger partial charge in [0.1, 0.15) is 9.71 Å². The minimum atomic E-state index is -0.209. The van der Waals surface area contributed by atoms with Crippen LogP contribution in [0.25, 0.3) is 10.2 Å². The van der Waals surface area contributed by atoms with Crippen molar-refractivity contribution in [3.63, 3.8) is 0 Å². The van der Waals surface area contributed by atoms with E-state index in [1.807, 2.05) is 13.0 Å². The number of pyridine rings is 1. The first-order chi connectivity index (χ1) is 10.2. The zero-order valence-electron chi connectivity index (χ0n) is 11.3. The van der Waals surface area contributed by atoms with Gasteiger partial charge in [-0.1, -0.05) is 0 Å². The Morgan fingerprint density at radius 2 is 2.24 bits per heavy atom. The zero-order chi connectivity index (χ0) is 14.8. The fraction of sp³-hybridized carbons (Fsp3) is 0.143. The maximum absolute atomic E-state index is 12.3. The van der Waals surface area contributed by atoms with E-state index in [-0.39, 0.29) is 5.91 Å². The van der Waals surface area contributed by atoms with Crippen LogP contribution in [0.5, 0.6) is 0 Å². The second kappa shape index (κ2) is 5.45. The van der Waals surface area contributed by atoms with Crippen LogP contribution in [0.15, 0.2) is 30.7 Å². The summed E-state index contributed by atoms with van der Waals surface area (Å²) in [5, 5.41) is 11.4. The summed E-state index contributed by atoms with van der Waals surface area (Å²) in [7, 11) is 0. The van der Waals surface area contributed by atoms with E-state index >= 15 is 0 Å². The highest BCUT2D eigenvalue weighted by Crippen LogP contribution is 2.31. The third kappa shape index (κ3) is 2.55. The molecule has 7 heteroatoms. The molecule has 3 rings (SSSR count). The van der Waals surface area contributed by atoms with Crippen LogP contribution in [0.2, 0.25) is 0 Å². The molecule has 0 spiro atoms. The lowest BCUT2D eigenvalue weighted by Crippen LogP contribution is -2.23. The molecule has 0 atom stereocenters. The van der Waals surface area contributed by atoms with Crippen LogP contribution in [0, 0.1) is 6.92 Å². The predicted octanol–water partition coefficient (Wildman–Crippen LogP) is 1.91. The number of nitrogens with one attached hydrogen (secondary N) is 1. The highest BCUT2D eigenvalue weighted by atomic mass is 32.1. The van der Waals surface area contributed by atoms with E-state index in [4.69, 9.17) is 5.73 Å². The van der Waals surface area contributed by atoms with Crippen LogP contribution >= 0.6 is 11.3 Å². The van der Waals surface area contributed by atoms with Crippen LogP contribution in [0.4, 0.5) is 5.69 Å². The van der Waals surface area contributed by atoms with Gasteiger partial charge < -0.3 is 11.1 Å². The van der Waals surface area contributed by atoms with Crippen molar-refractivity contribution in [3.05, 3.63) is 46.7 Å². The van der Waals surface area contributed by atoms with Gasteiger partial charge in [0.05, 0.1) is 11.9 Å². The number of nitrogens with zero attached hydrogens (tertiary/aromatic N) is 3. The van der Waals surface area contributed by atoms with Gasteiger partial charge in [0.25, 0.3) is 5.91 Å². The van der Waals surface area contributed by atoms with E-state index < -0.39 is 0 Å². The maximum Gasteiger partial charge on any atom is 0.263 e. The number of nitrogens with two attached hydrogens (primary N) is 1. The molecule has 106 valence electrons. The molecule has 0 bridgehead atoms. The van der Waals surface area contributed by atoms with Crippen molar-refractivity contribution < 1.29 is 4.79 Å². The summed E-state index contributed by atoms with van der Waals surface area (Å²) in [5.74, 6) is -0.209. The molecule has 1 amide bonds. The first kappa shape index (κ1) is 13.4. The molecule has 0 radical (unpaired) electrons. The smallest absolute Gasteiger partial charge is 0.263 e. The number of carbonyl (C=O) groups is 1. The van der Waals surface area contributed by atoms with Crippen LogP contribution in [0.3, 0.4) is 0 Å². The molecule has 0 aliphatic rings. The number of aromatic nitrogens is 3. The average Bonchev–Trinajstić information content (AvgIpc) is 2.84. The zero-order valence-corrected chi connectivity index (χ0v) is 12.1. The van der Waals surface area contributed by atoms with Gasteiger partial charge in [-0.05, 0) is 30.2 Å². The lowest BCUT2D eigenvalue weighted by molar-refractivity contribution is 0.0956. The molecule has 0 saturated heterocycles. The summed E-state index contributed by atoms with van der Waals surface area (Å²) in [4.78, 5) is 17.5. The number of hydrogen-bond acceptors (Lipinski definition) is 6. The van der Waals surface area contributed by atoms with Gasteiger partial charge in [-0.3, -0.25) is 9.78 Å². The number of fused-ring (bicyclic) bond motifs is 1. The number of amides is 1. The summed E-state index contributed by atoms with van der Waals surface area (Å²) >= 11 is 1.25. The van der Waals surface area contributed by atoms with Crippen LogP contribution in [-0.4, -0.2) is 21.1 Å². The Morgan fingerprint density at radius 3 is 3.00 bits per heavy atom. The standard InChI is InChI=1S/C14H13N5OS/c1-8-2-4-16-6-9(8)7-17-13(20)12-11(15)10-3-5-18-19-14(10)21-12/h2-6H,7,15H2,1H3,(H,17,20). The number of aryl methyl sites for hydroxylation is 1. The Morgan fingerprint density at radius 1 is 1.38 bits per heavy atom. The van der Waals surface area contributed by atoms with Gasteiger partial charge in [-0.25, -0.2) is 0 Å². The van der Waals surface area contributed by atoms with Crippen molar-refractivity contribution in [3.8, 4) is 0 Å². The van der Waals surface area contributed by atoms with Crippen molar-refractivity contribution in [1.29, 1.82) is 0 Å². The second-order valence-corrected chi connectivity index (χ2v) is 5.58. The number of carbonyl (C=O) groups excluding carboxylic acids is 1. The minimum Gasteiger partial charge on any atom is -0.397 e. The Kier molecular flexibility index (Phi) is 3.49. The topological polar surface area (TPSA) is 93.8 Å². The van der Waals surface area contributed by atoms with Gasteiger partial charge in [0, 0.05) is 24.3 Å². The average molecular weight is 299 g/mol. The van der Waals surface area contributed by atoms with Crippen molar-refractivity contribution in [2.75, 3.05) is 5.73 Å². The van der Waals surface area contributed by atoms with Crippen molar-refractivity contribution >= 4 is 33.1 Å². The minimum absolute atomic E-state index is 0.209. The summed E-state index contributed by atoms with van der Waals surface area (Å²) in [6.45, 7) is 2.39. The van der Waals surface area contributed by atoms with E-state index in [1.54, 1.807) is 24.7 Å². The highest BCUT2D eigenvalue weighted by molar-refractivity contribution is 7.21. The second-order valence-electron chi connectivity index (χ2n) is 4.58. The van der Waals surface area contributed by atoms with E-state index in [1.165, 1.54) is 11.3 Å². The Hall–Kier alpha value is -2.54. The lowest BCUT2D eigenvalue weighted by atomic mass is 10.1. The monoisotopic (exact) mass is 299 g/mol. The summed E-state index contributed by atoms with van der Waals surface area (Å²) in [6.07, 6.45) is 5.03. The maximum atomic E-state index is 12.3. The van der Waals surface area contributed by atoms with Crippen molar-refractivity contribution in [1.82, 2.24) is 20.5 Å². The first-order valence-corrected chi connectivity index (χ1v) is 7.16. The third-order valence-corrected chi connectivity index (χ3v) is 4.32. The Balaban J connectivity index is 1.81. The number of nitrogen functional groups attached to an aromatic ring is 1. The van der Waals surface area contributed by atoms with E-state index in [9.17, 15) is 4.79 Å². The molecular weight excluding hydrogens is 286 g/mol. The first-order valence-electron chi connectivity index (χ1n) is 6.34. The van der Waals surface area contributed by atoms with Crippen molar-refractivity contribution in [2.45, 2.75) is 13.5 Å². The number of rotatable bonds is 3. The highest BCUT2D eigenvalue weighted by Gasteiger charge is 2.17. The fourth-order valence-electron chi connectivity index (χ4n) is 1.98. The van der Waals surface area contributed by atoms with E-state index in [2.05, 4.69) is 20.5 Å². The summed E-state index contributed by atoms with van der Waals surface area (Å²) in [5.41, 5.74) is 8.52. The molecule has 21 heavy (non-hydrogen) atoms. The Labute approximate surface area is 125 Å². The van der Waals surface area contributed by atoms with E-state index in [0.29, 0.717) is 21.9 Å². The molecule has 0 aliphatic heterocycles. The summed E-state index contributed by atoms with van der Waals surface area (Å²) in [6, 6.07) is 3.67. The van der Waals surface area contributed by atoms with Gasteiger partial charge in [-0.2, -0.15) is 5.10 Å². The molecule has 6 nitrogen and oxygen atoms in total. The molecule has 3 aromatic rings. The summed E-state index contributed by atoms with van der Waals surface area (Å²) < 4.78 is 0. The molecule has 3 heterocycles. The molecule has 3 N–H and O–H groups in total. The third-order valence-electron chi connectivity index (χ3n) is 3.21. The van der Waals surface area contributed by atoms with E-state index in [0.717, 1.165) is 16.5 Å². The Bertz CT molecular complexity index is 814. The fourth-order valence-corrected chi connectivity index (χ4v) is 2.93. The molecule has 0 unspecified atom stereocenters. The molecule has 3 aromatic heterocycles. The number of hydrogen-bond donors (Lipinski definition) is 2. The van der Waals surface area contributed by atoms with Gasteiger partial charge in [-0.15, -0.1) is 16.4 Å². The SMILES string of the molecule is Cc1ccncc1CNC(=O)c1sc2nnccc2c1N. The molecule has 0 aromatic carbocycles. The predicted molar refractivity (Wildman–Crippen MR) is 82.0 cm³/mol. The number of anilines is 1. The molecule has 0 saturated carbocycles. The number of thiophene rings is 1. The van der Waals surface area contributed by atoms with Crippen molar-refractivity contribution in [2.24, 2.45) is 0 Å². The quantitative estimate of drug-likeness (QED) is 0.770. The normalized spacial score (nSPS) is 10.7. The molecule has 0 aliphatic carbocycles. The molecular formula is C14H13N5OS. The molecule has 0 fully saturated rings. The van der Waals surface area contributed by atoms with Gasteiger partial charge in [0.2, 0.25) is 0 Å². The van der Waals surface area contributed by atoms with Crippen LogP contribution in [-0.2, 0) is 6.54 Å². The van der Waals surface area contributed by atoms with Crippen LogP contribution in [0.1, 0.15) is 20.8 Å². The largest absolute Gasteiger partial charge is 0.397 e. The van der Waals surface area contributed by atoms with Gasteiger partial charge in [0.15, 0.2) is 0 Å². The lowest BCUT2D eigenvalue weighted by Gasteiger charge is -2.06. The van der Waals surface area contributed by atoms with Crippen LogP contribution < -0.4 is 11.1 Å².